The van der Waals surface area contributed by atoms with Gasteiger partial charge in [-0.1, -0.05) is 48.5 Å². The summed E-state index contributed by atoms with van der Waals surface area (Å²) in [6, 6.07) is 21.0. The standard InChI is InChI=1S/C20H12FNO/c21-17-10-5-11-18-16(17)12-14-8-4-9-15(19(14)22-18)20(23)13-6-2-1-3-7-13/h1-12H. The number of para-hydroxylation sites is 1. The highest BCUT2D eigenvalue weighted by atomic mass is 19.1. The summed E-state index contributed by atoms with van der Waals surface area (Å²) in [7, 11) is 0. The van der Waals surface area contributed by atoms with Crippen molar-refractivity contribution in [3.63, 3.8) is 0 Å². The number of aromatic nitrogens is 1. The number of benzene rings is 3. The normalized spacial score (nSPS) is 11.0. The minimum Gasteiger partial charge on any atom is -0.289 e. The highest BCUT2D eigenvalue weighted by Crippen LogP contribution is 2.25. The maximum absolute atomic E-state index is 13.9. The van der Waals surface area contributed by atoms with Crippen molar-refractivity contribution in [1.82, 2.24) is 4.98 Å². The molecule has 0 aliphatic carbocycles. The number of rotatable bonds is 2. The van der Waals surface area contributed by atoms with Gasteiger partial charge >= 0.3 is 0 Å². The van der Waals surface area contributed by atoms with Gasteiger partial charge in [0, 0.05) is 21.9 Å². The molecule has 0 N–H and O–H groups in total. The van der Waals surface area contributed by atoms with Gasteiger partial charge in [-0.2, -0.15) is 0 Å². The summed E-state index contributed by atoms with van der Waals surface area (Å²) in [5.41, 5.74) is 2.28. The summed E-state index contributed by atoms with van der Waals surface area (Å²) in [6.07, 6.45) is 0. The van der Waals surface area contributed by atoms with E-state index in [2.05, 4.69) is 4.98 Å². The average Bonchev–Trinajstić information content (AvgIpc) is 2.60. The maximum atomic E-state index is 13.9. The molecule has 0 radical (unpaired) electrons. The van der Waals surface area contributed by atoms with E-state index in [1.54, 1.807) is 42.5 Å². The number of halogens is 1. The van der Waals surface area contributed by atoms with Gasteiger partial charge < -0.3 is 0 Å². The summed E-state index contributed by atoms with van der Waals surface area (Å²) in [5, 5.41) is 1.22. The number of carbonyl (C=O) groups is 1. The SMILES string of the molecule is O=C(c1ccccc1)c1cccc2cc3c(F)cccc3nc12. The van der Waals surface area contributed by atoms with Crippen molar-refractivity contribution in [3.05, 3.63) is 89.7 Å². The van der Waals surface area contributed by atoms with Crippen LogP contribution in [0.5, 0.6) is 0 Å². The number of ketones is 1. The summed E-state index contributed by atoms with van der Waals surface area (Å²) in [6.45, 7) is 0. The van der Waals surface area contributed by atoms with E-state index in [1.165, 1.54) is 6.07 Å². The predicted molar refractivity (Wildman–Crippen MR) is 89.1 cm³/mol. The third-order valence-electron chi connectivity index (χ3n) is 3.91. The zero-order valence-electron chi connectivity index (χ0n) is 12.2. The molecule has 1 heterocycles. The van der Waals surface area contributed by atoms with Crippen molar-refractivity contribution >= 4 is 27.6 Å². The molecule has 2 nitrogen and oxygen atoms in total. The first-order chi connectivity index (χ1) is 11.2. The lowest BCUT2D eigenvalue weighted by atomic mass is 9.99. The van der Waals surface area contributed by atoms with E-state index in [9.17, 15) is 9.18 Å². The van der Waals surface area contributed by atoms with E-state index in [4.69, 9.17) is 0 Å². The lowest BCUT2D eigenvalue weighted by molar-refractivity contribution is 0.104. The van der Waals surface area contributed by atoms with Crippen LogP contribution in [0, 0.1) is 5.82 Å². The highest BCUT2D eigenvalue weighted by Gasteiger charge is 2.14. The second-order valence-corrected chi connectivity index (χ2v) is 5.37. The van der Waals surface area contributed by atoms with Gasteiger partial charge in [-0.15, -0.1) is 0 Å². The van der Waals surface area contributed by atoms with Crippen LogP contribution in [0.1, 0.15) is 15.9 Å². The minimum absolute atomic E-state index is 0.0838. The van der Waals surface area contributed by atoms with Crippen LogP contribution in [-0.4, -0.2) is 10.8 Å². The van der Waals surface area contributed by atoms with Crippen molar-refractivity contribution in [1.29, 1.82) is 0 Å². The van der Waals surface area contributed by atoms with Crippen LogP contribution in [0.25, 0.3) is 21.8 Å². The Hall–Kier alpha value is -3.07. The van der Waals surface area contributed by atoms with Gasteiger partial charge in [0.25, 0.3) is 0 Å². The lowest BCUT2D eigenvalue weighted by Crippen LogP contribution is -2.03. The lowest BCUT2D eigenvalue weighted by Gasteiger charge is -2.07. The molecule has 0 amide bonds. The number of fused-ring (bicyclic) bond motifs is 2. The molecule has 0 aliphatic rings. The van der Waals surface area contributed by atoms with Gasteiger partial charge in [-0.25, -0.2) is 9.37 Å². The molecule has 0 saturated heterocycles. The third-order valence-corrected chi connectivity index (χ3v) is 3.91. The first-order valence-electron chi connectivity index (χ1n) is 7.32. The second kappa shape index (κ2) is 5.29. The maximum Gasteiger partial charge on any atom is 0.195 e. The molecule has 4 aromatic rings. The number of pyridine rings is 1. The molecular weight excluding hydrogens is 289 g/mol. The minimum atomic E-state index is -0.309. The number of hydrogen-bond donors (Lipinski definition) is 0. The molecule has 1 aromatic heterocycles. The van der Waals surface area contributed by atoms with E-state index >= 15 is 0 Å². The first-order valence-corrected chi connectivity index (χ1v) is 7.32. The quantitative estimate of drug-likeness (QED) is 0.395. The fraction of sp³-hybridized carbons (Fsp3) is 0. The van der Waals surface area contributed by atoms with Crippen molar-refractivity contribution in [2.24, 2.45) is 0 Å². The van der Waals surface area contributed by atoms with Crippen LogP contribution in [0.15, 0.2) is 72.8 Å². The Morgan fingerprint density at radius 1 is 0.870 bits per heavy atom. The van der Waals surface area contributed by atoms with Crippen LogP contribution in [0.2, 0.25) is 0 Å². The molecule has 23 heavy (non-hydrogen) atoms. The molecule has 0 aliphatic heterocycles. The van der Waals surface area contributed by atoms with E-state index < -0.39 is 0 Å². The van der Waals surface area contributed by atoms with E-state index in [0.29, 0.717) is 27.5 Å². The summed E-state index contributed by atoms with van der Waals surface area (Å²) in [4.78, 5) is 17.3. The molecule has 0 saturated carbocycles. The molecule has 0 atom stereocenters. The second-order valence-electron chi connectivity index (χ2n) is 5.37. The topological polar surface area (TPSA) is 30.0 Å². The molecule has 3 heteroatoms. The Balaban J connectivity index is 1.99. The zero-order chi connectivity index (χ0) is 15.8. The average molecular weight is 301 g/mol. The Kier molecular flexibility index (Phi) is 3.12. The van der Waals surface area contributed by atoms with E-state index in [-0.39, 0.29) is 11.6 Å². The third kappa shape index (κ3) is 2.27. The fourth-order valence-electron chi connectivity index (χ4n) is 2.77. The molecule has 0 fully saturated rings. The van der Waals surface area contributed by atoms with Crippen LogP contribution >= 0.6 is 0 Å². The number of hydrogen-bond acceptors (Lipinski definition) is 2. The van der Waals surface area contributed by atoms with Gasteiger partial charge in [0.2, 0.25) is 0 Å². The number of carbonyl (C=O) groups excluding carboxylic acids is 1. The first kappa shape index (κ1) is 13.6. The van der Waals surface area contributed by atoms with Crippen molar-refractivity contribution in [3.8, 4) is 0 Å². The van der Waals surface area contributed by atoms with Gasteiger partial charge in [0.1, 0.15) is 5.82 Å². The Morgan fingerprint density at radius 3 is 2.48 bits per heavy atom. The molecule has 0 spiro atoms. The van der Waals surface area contributed by atoms with E-state index in [0.717, 1.165) is 5.39 Å². The monoisotopic (exact) mass is 301 g/mol. The Morgan fingerprint density at radius 2 is 1.65 bits per heavy atom. The van der Waals surface area contributed by atoms with Crippen LogP contribution in [0.3, 0.4) is 0 Å². The Labute approximate surface area is 132 Å². The van der Waals surface area contributed by atoms with Crippen LogP contribution in [0.4, 0.5) is 4.39 Å². The summed E-state index contributed by atoms with van der Waals surface area (Å²) < 4.78 is 13.9. The molecule has 110 valence electrons. The largest absolute Gasteiger partial charge is 0.289 e. The van der Waals surface area contributed by atoms with Gasteiger partial charge in [-0.05, 0) is 24.3 Å². The van der Waals surface area contributed by atoms with E-state index in [1.807, 2.05) is 24.3 Å². The summed E-state index contributed by atoms with van der Waals surface area (Å²) in [5.74, 6) is -0.392. The predicted octanol–water partition coefficient (Wildman–Crippen LogP) is 4.76. The van der Waals surface area contributed by atoms with Gasteiger partial charge in [0.15, 0.2) is 5.78 Å². The molecule has 0 bridgehead atoms. The molecule has 3 aromatic carbocycles. The molecule has 0 unspecified atom stereocenters. The van der Waals surface area contributed by atoms with Crippen molar-refractivity contribution in [2.45, 2.75) is 0 Å². The Bertz CT molecular complexity index is 1040. The van der Waals surface area contributed by atoms with Gasteiger partial charge in [-0.3, -0.25) is 4.79 Å². The summed E-state index contributed by atoms with van der Waals surface area (Å²) >= 11 is 0. The fourth-order valence-corrected chi connectivity index (χ4v) is 2.77. The van der Waals surface area contributed by atoms with Crippen LogP contribution in [-0.2, 0) is 0 Å². The smallest absolute Gasteiger partial charge is 0.195 e. The van der Waals surface area contributed by atoms with Crippen LogP contribution < -0.4 is 0 Å². The van der Waals surface area contributed by atoms with Gasteiger partial charge in [0.05, 0.1) is 11.0 Å². The number of nitrogens with zero attached hydrogens (tertiary/aromatic N) is 1. The van der Waals surface area contributed by atoms with Crippen molar-refractivity contribution in [2.75, 3.05) is 0 Å². The van der Waals surface area contributed by atoms with Crippen molar-refractivity contribution < 1.29 is 9.18 Å². The zero-order valence-corrected chi connectivity index (χ0v) is 12.2. The molecular formula is C20H12FNO. The molecule has 4 rings (SSSR count). The highest BCUT2D eigenvalue weighted by molar-refractivity contribution is 6.16.